The standard InChI is InChI=1S/C23H25N5O3S2/c1-14(2)28-23(25-15(3)26-28)27-13-19-18-9-8-16(12-20(18)31-11-10-21(19)32-27)17-6-4-5-7-22(17)33(24,29)30/h4-9,12,14H,10-11,13H2,1-3H3,(H2,24,29,30). The van der Waals surface area contributed by atoms with Gasteiger partial charge in [0.2, 0.25) is 16.0 Å². The van der Waals surface area contributed by atoms with E-state index >= 15 is 0 Å². The third kappa shape index (κ3) is 4.03. The van der Waals surface area contributed by atoms with E-state index in [9.17, 15) is 8.42 Å². The van der Waals surface area contributed by atoms with Gasteiger partial charge in [-0.05, 0) is 56.0 Å². The van der Waals surface area contributed by atoms with Gasteiger partial charge >= 0.3 is 0 Å². The van der Waals surface area contributed by atoms with Crippen molar-refractivity contribution >= 4 is 33.5 Å². The van der Waals surface area contributed by atoms with Crippen molar-refractivity contribution in [2.24, 2.45) is 5.14 Å². The fourth-order valence-corrected chi connectivity index (χ4v) is 6.08. The van der Waals surface area contributed by atoms with E-state index in [0.29, 0.717) is 18.7 Å². The maximum Gasteiger partial charge on any atom is 0.238 e. The van der Waals surface area contributed by atoms with Crippen LogP contribution in [0.2, 0.25) is 0 Å². The SMILES string of the molecule is Cc1nc(N2CC3=C(CCOc4cc(-c5ccccc5S(N)(=O)=O)ccc43)S2)n(C(C)C)n1. The lowest BCUT2D eigenvalue weighted by atomic mass is 9.98. The van der Waals surface area contributed by atoms with E-state index in [1.165, 1.54) is 16.5 Å². The highest BCUT2D eigenvalue weighted by Crippen LogP contribution is 2.47. The molecule has 0 atom stereocenters. The zero-order chi connectivity index (χ0) is 23.3. The van der Waals surface area contributed by atoms with Crippen molar-refractivity contribution in [3.63, 3.8) is 0 Å². The van der Waals surface area contributed by atoms with E-state index in [-0.39, 0.29) is 10.9 Å². The summed E-state index contributed by atoms with van der Waals surface area (Å²) in [6.45, 7) is 7.34. The van der Waals surface area contributed by atoms with Crippen molar-refractivity contribution in [3.8, 4) is 16.9 Å². The van der Waals surface area contributed by atoms with Gasteiger partial charge in [-0.3, -0.25) is 4.31 Å². The third-order valence-corrected chi connectivity index (χ3v) is 7.84. The monoisotopic (exact) mass is 483 g/mol. The molecule has 0 spiro atoms. The Morgan fingerprint density at radius 3 is 2.70 bits per heavy atom. The van der Waals surface area contributed by atoms with Crippen LogP contribution in [0.25, 0.3) is 16.7 Å². The van der Waals surface area contributed by atoms with Gasteiger partial charge in [-0.15, -0.1) is 0 Å². The summed E-state index contributed by atoms with van der Waals surface area (Å²) in [7, 11) is -3.85. The fraction of sp³-hybridized carbons (Fsp3) is 0.304. The fourth-order valence-electron chi connectivity index (χ4n) is 4.20. The highest BCUT2D eigenvalue weighted by Gasteiger charge is 2.32. The van der Waals surface area contributed by atoms with Crippen molar-refractivity contribution in [2.75, 3.05) is 17.5 Å². The quantitative estimate of drug-likeness (QED) is 0.556. The predicted octanol–water partition coefficient (Wildman–Crippen LogP) is 4.14. The van der Waals surface area contributed by atoms with Gasteiger partial charge in [-0.25, -0.2) is 18.2 Å². The first-order valence-electron chi connectivity index (χ1n) is 10.7. The average molecular weight is 484 g/mol. The van der Waals surface area contributed by atoms with E-state index in [0.717, 1.165) is 35.1 Å². The van der Waals surface area contributed by atoms with Gasteiger partial charge in [0.15, 0.2) is 0 Å². The van der Waals surface area contributed by atoms with Crippen LogP contribution in [-0.4, -0.2) is 36.3 Å². The molecule has 0 saturated heterocycles. The Morgan fingerprint density at radius 2 is 1.94 bits per heavy atom. The molecule has 2 N–H and O–H groups in total. The summed E-state index contributed by atoms with van der Waals surface area (Å²) < 4.78 is 34.4. The molecule has 33 heavy (non-hydrogen) atoms. The predicted molar refractivity (Wildman–Crippen MR) is 130 cm³/mol. The van der Waals surface area contributed by atoms with Crippen LogP contribution in [0.1, 0.15) is 37.7 Å². The highest BCUT2D eigenvalue weighted by molar-refractivity contribution is 8.04. The molecule has 0 bridgehead atoms. The van der Waals surface area contributed by atoms with Crippen molar-refractivity contribution < 1.29 is 13.2 Å². The lowest BCUT2D eigenvalue weighted by Crippen LogP contribution is -2.19. The summed E-state index contributed by atoms with van der Waals surface area (Å²) in [4.78, 5) is 6.02. The number of hydrogen-bond acceptors (Lipinski definition) is 7. The molecule has 2 aromatic carbocycles. The van der Waals surface area contributed by atoms with Crippen LogP contribution in [-0.2, 0) is 10.0 Å². The maximum absolute atomic E-state index is 12.1. The number of fused-ring (bicyclic) bond motifs is 2. The highest BCUT2D eigenvalue weighted by atomic mass is 32.2. The lowest BCUT2D eigenvalue weighted by Gasteiger charge is -2.20. The largest absolute Gasteiger partial charge is 0.493 e. The number of nitrogens with two attached hydrogens (primary N) is 1. The summed E-state index contributed by atoms with van der Waals surface area (Å²) in [5, 5.41) is 10.0. The topological polar surface area (TPSA) is 103 Å². The first-order chi connectivity index (χ1) is 15.7. The Morgan fingerprint density at radius 1 is 1.15 bits per heavy atom. The molecular formula is C23H25N5O3S2. The molecule has 3 aromatic rings. The number of aromatic nitrogens is 3. The van der Waals surface area contributed by atoms with Crippen LogP contribution in [0.4, 0.5) is 5.95 Å². The maximum atomic E-state index is 12.1. The molecule has 8 nitrogen and oxygen atoms in total. The van der Waals surface area contributed by atoms with Crippen LogP contribution in [0, 0.1) is 6.92 Å². The van der Waals surface area contributed by atoms with E-state index < -0.39 is 10.0 Å². The van der Waals surface area contributed by atoms with Crippen LogP contribution in [0.5, 0.6) is 5.75 Å². The molecule has 0 radical (unpaired) electrons. The van der Waals surface area contributed by atoms with Crippen LogP contribution in [0.15, 0.2) is 52.3 Å². The third-order valence-electron chi connectivity index (χ3n) is 5.69. The van der Waals surface area contributed by atoms with E-state index in [2.05, 4.69) is 28.2 Å². The molecule has 5 rings (SSSR count). The van der Waals surface area contributed by atoms with Gasteiger partial charge in [-0.1, -0.05) is 30.3 Å². The van der Waals surface area contributed by atoms with Gasteiger partial charge in [0, 0.05) is 22.5 Å². The molecule has 0 saturated carbocycles. The number of ether oxygens (including phenoxy) is 1. The van der Waals surface area contributed by atoms with E-state index in [4.69, 9.17) is 9.88 Å². The molecular weight excluding hydrogens is 458 g/mol. The van der Waals surface area contributed by atoms with E-state index in [1.54, 1.807) is 30.1 Å². The number of sulfonamides is 1. The second-order valence-corrected chi connectivity index (χ2v) is 11.0. The molecule has 0 fully saturated rings. The van der Waals surface area contributed by atoms with E-state index in [1.807, 2.05) is 29.8 Å². The number of nitrogens with zero attached hydrogens (tertiary/aromatic N) is 4. The summed E-state index contributed by atoms with van der Waals surface area (Å²) in [6.07, 6.45) is 0.795. The molecule has 3 heterocycles. The molecule has 2 aliphatic rings. The molecule has 0 amide bonds. The minimum atomic E-state index is -3.85. The Kier molecular flexibility index (Phi) is 5.46. The average Bonchev–Trinajstić information content (AvgIpc) is 3.32. The Balaban J connectivity index is 1.52. The van der Waals surface area contributed by atoms with Gasteiger partial charge < -0.3 is 4.74 Å². The molecule has 2 aliphatic heterocycles. The van der Waals surface area contributed by atoms with Crippen molar-refractivity contribution in [1.82, 2.24) is 14.8 Å². The van der Waals surface area contributed by atoms with Gasteiger partial charge in [0.25, 0.3) is 0 Å². The van der Waals surface area contributed by atoms with Crippen molar-refractivity contribution in [2.45, 2.75) is 38.1 Å². The zero-order valence-electron chi connectivity index (χ0n) is 18.6. The minimum Gasteiger partial charge on any atom is -0.493 e. The zero-order valence-corrected chi connectivity index (χ0v) is 20.3. The Hall–Kier alpha value is -2.82. The summed E-state index contributed by atoms with van der Waals surface area (Å²) >= 11 is 1.69. The van der Waals surface area contributed by atoms with Gasteiger partial charge in [0.1, 0.15) is 11.6 Å². The number of anilines is 1. The van der Waals surface area contributed by atoms with Crippen LogP contribution < -0.4 is 14.2 Å². The van der Waals surface area contributed by atoms with Gasteiger partial charge in [-0.2, -0.15) is 10.1 Å². The second kappa shape index (κ2) is 8.19. The van der Waals surface area contributed by atoms with Crippen LogP contribution in [0.3, 0.4) is 0 Å². The molecule has 172 valence electrons. The number of primary sulfonamides is 1. The first-order valence-corrected chi connectivity index (χ1v) is 13.0. The molecule has 0 aliphatic carbocycles. The number of rotatable bonds is 4. The number of benzene rings is 2. The molecule has 10 heteroatoms. The number of aryl methyl sites for hydroxylation is 1. The summed E-state index contributed by atoms with van der Waals surface area (Å²) in [6, 6.07) is 12.8. The second-order valence-electron chi connectivity index (χ2n) is 8.38. The number of hydrogen-bond donors (Lipinski definition) is 1. The van der Waals surface area contributed by atoms with Crippen molar-refractivity contribution in [1.29, 1.82) is 0 Å². The Labute approximate surface area is 197 Å². The molecule has 0 unspecified atom stereocenters. The van der Waals surface area contributed by atoms with Crippen LogP contribution >= 0.6 is 11.9 Å². The minimum absolute atomic E-state index is 0.101. The van der Waals surface area contributed by atoms with Gasteiger partial charge in [0.05, 0.1) is 24.1 Å². The smallest absolute Gasteiger partial charge is 0.238 e. The van der Waals surface area contributed by atoms with Crippen molar-refractivity contribution in [3.05, 3.63) is 58.8 Å². The normalized spacial score (nSPS) is 16.0. The lowest BCUT2D eigenvalue weighted by molar-refractivity contribution is 0.326. The first kappa shape index (κ1) is 22.0. The summed E-state index contributed by atoms with van der Waals surface area (Å²) in [5.74, 6) is 2.34. The molecule has 1 aromatic heterocycles. The summed E-state index contributed by atoms with van der Waals surface area (Å²) in [5.41, 5.74) is 3.53. The Bertz CT molecular complexity index is 1380.